The Bertz CT molecular complexity index is 814. The van der Waals surface area contributed by atoms with Crippen LogP contribution in [-0.2, 0) is 6.54 Å². The van der Waals surface area contributed by atoms with Gasteiger partial charge in [0.25, 0.3) is 3.79 Å². The number of alkyl halides is 6. The number of hydrogen-bond donors (Lipinski definition) is 1. The summed E-state index contributed by atoms with van der Waals surface area (Å²) < 4.78 is 49.0. The first-order chi connectivity index (χ1) is 12.6. The summed E-state index contributed by atoms with van der Waals surface area (Å²) in [6, 6.07) is 14.6. The van der Waals surface area contributed by atoms with Crippen LogP contribution in [0.25, 0.3) is 0 Å². The maximum atomic E-state index is 13.5. The normalized spacial score (nSPS) is 16.3. The van der Waals surface area contributed by atoms with Gasteiger partial charge in [0.2, 0.25) is 5.84 Å². The maximum absolute atomic E-state index is 13.5. The Morgan fingerprint density at radius 1 is 0.926 bits per heavy atom. The molecule has 1 aliphatic rings. The second-order valence-electron chi connectivity index (χ2n) is 5.54. The summed E-state index contributed by atoms with van der Waals surface area (Å²) in [4.78, 5) is 3.59. The van der Waals surface area contributed by atoms with E-state index in [2.05, 4.69) is 4.99 Å². The van der Waals surface area contributed by atoms with Crippen LogP contribution in [0.5, 0.6) is 11.5 Å². The zero-order chi connectivity index (χ0) is 19.7. The van der Waals surface area contributed by atoms with E-state index in [-0.39, 0.29) is 18.0 Å². The minimum Gasteiger partial charge on any atom is -0.428 e. The second-order valence-corrected chi connectivity index (χ2v) is 7.82. The number of para-hydroxylation sites is 2. The van der Waals surface area contributed by atoms with E-state index in [1.807, 2.05) is 5.32 Å². The molecule has 0 aromatic heterocycles. The summed E-state index contributed by atoms with van der Waals surface area (Å²) in [5.41, 5.74) is 0.570. The summed E-state index contributed by atoms with van der Waals surface area (Å²) in [6.45, 7) is -0.244. The van der Waals surface area contributed by atoms with Crippen molar-refractivity contribution in [1.29, 1.82) is 0 Å². The Kier molecular flexibility index (Phi) is 5.38. The lowest BCUT2D eigenvalue weighted by atomic mass is 10.2. The molecule has 1 aliphatic heterocycles. The molecule has 0 saturated heterocycles. The van der Waals surface area contributed by atoms with E-state index in [9.17, 15) is 13.2 Å². The van der Waals surface area contributed by atoms with E-state index in [1.165, 1.54) is 12.1 Å². The van der Waals surface area contributed by atoms with Gasteiger partial charge in [-0.1, -0.05) is 77.3 Å². The predicted octanol–water partition coefficient (Wildman–Crippen LogP) is 5.23. The monoisotopic (exact) mass is 438 g/mol. The van der Waals surface area contributed by atoms with Crippen LogP contribution in [0.2, 0.25) is 0 Å². The third-order valence-corrected chi connectivity index (χ3v) is 4.29. The largest absolute Gasteiger partial charge is 0.449 e. The number of aliphatic imine (C=N–C) groups is 1. The molecule has 10 heteroatoms. The van der Waals surface area contributed by atoms with Crippen LogP contribution in [0.3, 0.4) is 0 Å². The Hall–Kier alpha value is -1.83. The van der Waals surface area contributed by atoms with Gasteiger partial charge in [-0.05, 0) is 17.7 Å². The summed E-state index contributed by atoms with van der Waals surface area (Å²) in [7, 11) is 0. The van der Waals surface area contributed by atoms with E-state index >= 15 is 0 Å². The van der Waals surface area contributed by atoms with Gasteiger partial charge in [-0.3, -0.25) is 10.3 Å². The van der Waals surface area contributed by atoms with E-state index in [0.29, 0.717) is 5.56 Å². The summed E-state index contributed by atoms with van der Waals surface area (Å²) in [6.07, 6.45) is -4.86. The van der Waals surface area contributed by atoms with Crippen molar-refractivity contribution in [3.8, 4) is 11.5 Å². The topological polar surface area (TPSA) is 42.9 Å². The second kappa shape index (κ2) is 7.30. The summed E-state index contributed by atoms with van der Waals surface area (Å²) in [5.74, 6) is -3.58. The van der Waals surface area contributed by atoms with Crippen LogP contribution in [0.15, 0.2) is 59.6 Å². The number of rotatable bonds is 3. The fourth-order valence-electron chi connectivity index (χ4n) is 2.30. The third kappa shape index (κ3) is 4.36. The first-order valence-electron chi connectivity index (χ1n) is 7.58. The zero-order valence-electron chi connectivity index (χ0n) is 13.4. The fraction of sp³-hybridized carbons (Fsp3) is 0.235. The lowest BCUT2D eigenvalue weighted by Gasteiger charge is -2.35. The molecule has 0 aliphatic carbocycles. The van der Waals surface area contributed by atoms with Crippen LogP contribution in [0.1, 0.15) is 5.56 Å². The molecule has 0 unspecified atom stereocenters. The van der Waals surface area contributed by atoms with Gasteiger partial charge in [0.05, 0.1) is 6.54 Å². The SMILES string of the molecule is FC(F)(F)C(=NCc1ccccc1)NC1(C(Cl)(Cl)Cl)Oc2ccccc2O1. The lowest BCUT2D eigenvalue weighted by Crippen LogP contribution is -2.65. The number of hydrogen-bond acceptors (Lipinski definition) is 3. The van der Waals surface area contributed by atoms with Gasteiger partial charge in [0.1, 0.15) is 0 Å². The summed E-state index contributed by atoms with van der Waals surface area (Å²) >= 11 is 17.7. The Balaban J connectivity index is 1.93. The minimum absolute atomic E-state index is 0.126. The first kappa shape index (κ1) is 19.9. The number of ether oxygens (including phenoxy) is 2. The van der Waals surface area contributed by atoms with Crippen LogP contribution in [-0.4, -0.2) is 21.7 Å². The maximum Gasteiger partial charge on any atom is 0.449 e. The van der Waals surface area contributed by atoms with E-state index < -0.39 is 21.7 Å². The molecular weight excluding hydrogens is 428 g/mol. The van der Waals surface area contributed by atoms with Crippen molar-refractivity contribution in [3.63, 3.8) is 0 Å². The van der Waals surface area contributed by atoms with E-state index in [4.69, 9.17) is 44.3 Å². The van der Waals surface area contributed by atoms with Gasteiger partial charge in [-0.15, -0.1) is 0 Å². The smallest absolute Gasteiger partial charge is 0.428 e. The van der Waals surface area contributed by atoms with Crippen LogP contribution >= 0.6 is 34.8 Å². The molecule has 0 saturated carbocycles. The highest BCUT2D eigenvalue weighted by Crippen LogP contribution is 2.48. The number of nitrogens with zero attached hydrogens (tertiary/aromatic N) is 1. The van der Waals surface area contributed by atoms with Crippen molar-refractivity contribution in [3.05, 3.63) is 60.2 Å². The molecule has 0 fully saturated rings. The zero-order valence-corrected chi connectivity index (χ0v) is 15.7. The average Bonchev–Trinajstić information content (AvgIpc) is 2.98. The quantitative estimate of drug-likeness (QED) is 0.404. The molecule has 0 atom stereocenters. The number of fused-ring (bicyclic) bond motifs is 1. The number of halogens is 6. The van der Waals surface area contributed by atoms with Gasteiger partial charge in [-0.2, -0.15) is 13.2 Å². The predicted molar refractivity (Wildman–Crippen MR) is 97.5 cm³/mol. The highest BCUT2D eigenvalue weighted by Gasteiger charge is 2.61. The molecule has 2 aromatic carbocycles. The van der Waals surface area contributed by atoms with Crippen molar-refractivity contribution in [2.24, 2.45) is 4.99 Å². The van der Waals surface area contributed by atoms with Crippen LogP contribution in [0, 0.1) is 0 Å². The van der Waals surface area contributed by atoms with Gasteiger partial charge in [-0.25, -0.2) is 0 Å². The molecule has 3 rings (SSSR count). The molecule has 1 heterocycles. The standard InChI is InChI=1S/C17H12Cl3F3N2O2/c18-16(19,20)17(26-12-8-4-5-9-13(12)27-17)25-14(15(21,22)23)24-10-11-6-2-1-3-7-11/h1-9H,10H2,(H,24,25). The van der Waals surface area contributed by atoms with Gasteiger partial charge in [0, 0.05) is 0 Å². The van der Waals surface area contributed by atoms with Gasteiger partial charge >= 0.3 is 12.1 Å². The molecule has 27 heavy (non-hydrogen) atoms. The molecule has 0 amide bonds. The molecule has 0 radical (unpaired) electrons. The lowest BCUT2D eigenvalue weighted by molar-refractivity contribution is -0.108. The highest BCUT2D eigenvalue weighted by molar-refractivity contribution is 6.68. The molecular formula is C17H12Cl3F3N2O2. The van der Waals surface area contributed by atoms with Crippen molar-refractivity contribution in [1.82, 2.24) is 5.32 Å². The average molecular weight is 440 g/mol. The number of nitrogens with one attached hydrogen (secondary N) is 1. The van der Waals surface area contributed by atoms with E-state index in [0.717, 1.165) is 0 Å². The van der Waals surface area contributed by atoms with Crippen LogP contribution in [0.4, 0.5) is 13.2 Å². The minimum atomic E-state index is -4.86. The molecule has 2 aromatic rings. The van der Waals surface area contributed by atoms with Gasteiger partial charge in [0.15, 0.2) is 11.5 Å². The van der Waals surface area contributed by atoms with Crippen molar-refractivity contribution >= 4 is 40.6 Å². The Morgan fingerprint density at radius 3 is 1.93 bits per heavy atom. The van der Waals surface area contributed by atoms with Crippen molar-refractivity contribution in [2.75, 3.05) is 0 Å². The molecule has 1 N–H and O–H groups in total. The first-order valence-corrected chi connectivity index (χ1v) is 8.72. The van der Waals surface area contributed by atoms with E-state index in [1.54, 1.807) is 42.5 Å². The molecule has 0 bridgehead atoms. The van der Waals surface area contributed by atoms with Crippen molar-refractivity contribution < 1.29 is 22.6 Å². The van der Waals surface area contributed by atoms with Crippen LogP contribution < -0.4 is 14.8 Å². The Labute approximate surface area is 167 Å². The summed E-state index contributed by atoms with van der Waals surface area (Å²) in [5, 5.41) is 2.01. The van der Waals surface area contributed by atoms with Gasteiger partial charge < -0.3 is 9.47 Å². The number of amidine groups is 1. The fourth-order valence-corrected chi connectivity index (χ4v) is 2.67. The number of benzene rings is 2. The molecule has 4 nitrogen and oxygen atoms in total. The third-order valence-electron chi connectivity index (χ3n) is 3.54. The Morgan fingerprint density at radius 2 is 1.44 bits per heavy atom. The van der Waals surface area contributed by atoms with Crippen molar-refractivity contribution in [2.45, 2.75) is 22.4 Å². The molecule has 0 spiro atoms. The highest BCUT2D eigenvalue weighted by atomic mass is 35.6. The molecule has 144 valence electrons.